The van der Waals surface area contributed by atoms with E-state index in [9.17, 15) is 9.59 Å². The van der Waals surface area contributed by atoms with E-state index in [2.05, 4.69) is 21.2 Å². The number of halogens is 1. The molecule has 0 atom stereocenters. The van der Waals surface area contributed by atoms with Crippen molar-refractivity contribution in [3.05, 3.63) is 22.6 Å². The number of rotatable bonds is 4. The molecule has 1 aromatic rings. The smallest absolute Gasteiger partial charge is 0.306 e. The van der Waals surface area contributed by atoms with Crippen molar-refractivity contribution in [3.63, 3.8) is 0 Å². The SMILES string of the molecule is O=C(NCC1CCC(C(=O)O)CC1)c1ccoc1Br. The predicted molar refractivity (Wildman–Crippen MR) is 71.8 cm³/mol. The Morgan fingerprint density at radius 2 is 2.05 bits per heavy atom. The molecule has 2 rings (SSSR count). The molecule has 0 unspecified atom stereocenters. The van der Waals surface area contributed by atoms with Crippen molar-refractivity contribution in [2.45, 2.75) is 25.7 Å². The second kappa shape index (κ2) is 6.23. The minimum absolute atomic E-state index is 0.166. The van der Waals surface area contributed by atoms with Gasteiger partial charge in [0.05, 0.1) is 17.7 Å². The molecule has 1 aromatic heterocycles. The van der Waals surface area contributed by atoms with Gasteiger partial charge in [-0.1, -0.05) is 0 Å². The van der Waals surface area contributed by atoms with Crippen molar-refractivity contribution in [1.29, 1.82) is 0 Å². The maximum Gasteiger partial charge on any atom is 0.306 e. The van der Waals surface area contributed by atoms with Crippen molar-refractivity contribution >= 4 is 27.8 Å². The number of carboxylic acids is 1. The summed E-state index contributed by atoms with van der Waals surface area (Å²) in [4.78, 5) is 22.7. The molecule has 0 spiro atoms. The molecular formula is C13H16BrNO4. The fourth-order valence-electron chi connectivity index (χ4n) is 2.40. The normalized spacial score (nSPS) is 23.0. The molecule has 1 amide bonds. The summed E-state index contributed by atoms with van der Waals surface area (Å²) in [5.41, 5.74) is 0.485. The number of furan rings is 1. The Kier molecular flexibility index (Phi) is 4.63. The highest BCUT2D eigenvalue weighted by molar-refractivity contribution is 9.10. The zero-order valence-electron chi connectivity index (χ0n) is 10.4. The summed E-state index contributed by atoms with van der Waals surface area (Å²) in [7, 11) is 0. The van der Waals surface area contributed by atoms with Crippen LogP contribution >= 0.6 is 15.9 Å². The Balaban J connectivity index is 1.77. The van der Waals surface area contributed by atoms with Gasteiger partial charge in [-0.2, -0.15) is 0 Å². The topological polar surface area (TPSA) is 79.5 Å². The van der Waals surface area contributed by atoms with Crippen LogP contribution < -0.4 is 5.32 Å². The van der Waals surface area contributed by atoms with Gasteiger partial charge in [0.1, 0.15) is 0 Å². The Morgan fingerprint density at radius 1 is 1.37 bits per heavy atom. The fourth-order valence-corrected chi connectivity index (χ4v) is 2.82. The van der Waals surface area contributed by atoms with Gasteiger partial charge in [0.15, 0.2) is 4.67 Å². The summed E-state index contributed by atoms with van der Waals surface area (Å²) in [6, 6.07) is 1.61. The van der Waals surface area contributed by atoms with Crippen LogP contribution in [0.4, 0.5) is 0 Å². The molecule has 6 heteroatoms. The number of nitrogens with one attached hydrogen (secondary N) is 1. The van der Waals surface area contributed by atoms with Crippen LogP contribution in [0.15, 0.2) is 21.4 Å². The zero-order chi connectivity index (χ0) is 13.8. The van der Waals surface area contributed by atoms with Gasteiger partial charge in [-0.05, 0) is 53.6 Å². The van der Waals surface area contributed by atoms with E-state index in [0.29, 0.717) is 35.5 Å². The first-order chi connectivity index (χ1) is 9.08. The largest absolute Gasteiger partial charge is 0.481 e. The number of hydrogen-bond acceptors (Lipinski definition) is 3. The van der Waals surface area contributed by atoms with Crippen molar-refractivity contribution < 1.29 is 19.1 Å². The monoisotopic (exact) mass is 329 g/mol. The number of carbonyl (C=O) groups excluding carboxylic acids is 1. The number of amides is 1. The molecule has 1 aliphatic rings. The lowest BCUT2D eigenvalue weighted by molar-refractivity contribution is -0.143. The summed E-state index contributed by atoms with van der Waals surface area (Å²) in [6.07, 6.45) is 4.56. The highest BCUT2D eigenvalue weighted by Gasteiger charge is 2.26. The van der Waals surface area contributed by atoms with E-state index < -0.39 is 5.97 Å². The van der Waals surface area contributed by atoms with Gasteiger partial charge in [0, 0.05) is 6.54 Å². The minimum atomic E-state index is -0.704. The summed E-state index contributed by atoms with van der Waals surface area (Å²) < 4.78 is 5.44. The Hall–Kier alpha value is -1.30. The lowest BCUT2D eigenvalue weighted by Crippen LogP contribution is -2.32. The van der Waals surface area contributed by atoms with E-state index in [-0.39, 0.29) is 11.8 Å². The number of carboxylic acid groups (broad SMARTS) is 1. The average molecular weight is 330 g/mol. The van der Waals surface area contributed by atoms with Gasteiger partial charge in [0.25, 0.3) is 5.91 Å². The van der Waals surface area contributed by atoms with Gasteiger partial charge in [-0.3, -0.25) is 9.59 Å². The second-order valence-corrected chi connectivity index (χ2v) is 5.59. The number of carbonyl (C=O) groups is 2. The van der Waals surface area contributed by atoms with Gasteiger partial charge in [0.2, 0.25) is 0 Å². The lowest BCUT2D eigenvalue weighted by atomic mass is 9.82. The molecule has 0 aromatic carbocycles. The fraction of sp³-hybridized carbons (Fsp3) is 0.538. The molecule has 104 valence electrons. The number of hydrogen-bond donors (Lipinski definition) is 2. The van der Waals surface area contributed by atoms with Crippen LogP contribution in [0, 0.1) is 11.8 Å². The highest BCUT2D eigenvalue weighted by Crippen LogP contribution is 2.28. The summed E-state index contributed by atoms with van der Waals surface area (Å²) in [6.45, 7) is 0.586. The molecule has 1 fully saturated rings. The number of aliphatic carboxylic acids is 1. The zero-order valence-corrected chi connectivity index (χ0v) is 12.0. The average Bonchev–Trinajstić information content (AvgIpc) is 2.83. The molecule has 2 N–H and O–H groups in total. The van der Waals surface area contributed by atoms with Crippen LogP contribution in [0.1, 0.15) is 36.0 Å². The van der Waals surface area contributed by atoms with E-state index in [1.165, 1.54) is 6.26 Å². The van der Waals surface area contributed by atoms with Gasteiger partial charge >= 0.3 is 5.97 Å². The van der Waals surface area contributed by atoms with Crippen LogP contribution in [0.2, 0.25) is 0 Å². The molecular weight excluding hydrogens is 314 g/mol. The molecule has 0 bridgehead atoms. The first-order valence-electron chi connectivity index (χ1n) is 6.32. The molecule has 1 heterocycles. The first kappa shape index (κ1) is 14.1. The van der Waals surface area contributed by atoms with Crippen LogP contribution in [0.3, 0.4) is 0 Å². The standard InChI is InChI=1S/C13H16BrNO4/c14-11-10(5-6-19-11)12(16)15-7-8-1-3-9(4-2-8)13(17)18/h5-6,8-9H,1-4,7H2,(H,15,16)(H,17,18). The Labute approximate surface area is 119 Å². The minimum Gasteiger partial charge on any atom is -0.481 e. The van der Waals surface area contributed by atoms with Crippen molar-refractivity contribution in [2.75, 3.05) is 6.54 Å². The third kappa shape index (κ3) is 3.59. The molecule has 1 saturated carbocycles. The summed E-state index contributed by atoms with van der Waals surface area (Å²) in [5.74, 6) is -0.717. The van der Waals surface area contributed by atoms with Crippen molar-refractivity contribution in [1.82, 2.24) is 5.32 Å². The molecule has 0 radical (unpaired) electrons. The Morgan fingerprint density at radius 3 is 2.58 bits per heavy atom. The molecule has 0 aliphatic heterocycles. The molecule has 1 aliphatic carbocycles. The lowest BCUT2D eigenvalue weighted by Gasteiger charge is -2.26. The van der Waals surface area contributed by atoms with Gasteiger partial charge in [-0.25, -0.2) is 0 Å². The van der Waals surface area contributed by atoms with Crippen LogP contribution in [-0.4, -0.2) is 23.5 Å². The first-order valence-corrected chi connectivity index (χ1v) is 7.11. The van der Waals surface area contributed by atoms with Crippen LogP contribution in [0.5, 0.6) is 0 Å². The molecule has 19 heavy (non-hydrogen) atoms. The second-order valence-electron chi connectivity index (χ2n) is 4.87. The van der Waals surface area contributed by atoms with Crippen molar-refractivity contribution in [3.8, 4) is 0 Å². The van der Waals surface area contributed by atoms with Crippen molar-refractivity contribution in [2.24, 2.45) is 11.8 Å². The van der Waals surface area contributed by atoms with E-state index in [4.69, 9.17) is 9.52 Å². The van der Waals surface area contributed by atoms with Crippen LogP contribution in [-0.2, 0) is 4.79 Å². The third-order valence-electron chi connectivity index (χ3n) is 3.61. The third-order valence-corrected chi connectivity index (χ3v) is 4.22. The predicted octanol–water partition coefficient (Wildman–Crippen LogP) is 2.66. The summed E-state index contributed by atoms with van der Waals surface area (Å²) >= 11 is 3.16. The highest BCUT2D eigenvalue weighted by atomic mass is 79.9. The van der Waals surface area contributed by atoms with E-state index in [1.54, 1.807) is 6.07 Å². The van der Waals surface area contributed by atoms with E-state index in [1.807, 2.05) is 0 Å². The van der Waals surface area contributed by atoms with Crippen LogP contribution in [0.25, 0.3) is 0 Å². The summed E-state index contributed by atoms with van der Waals surface area (Å²) in [5, 5.41) is 11.8. The maximum atomic E-state index is 11.8. The van der Waals surface area contributed by atoms with Gasteiger partial charge < -0.3 is 14.8 Å². The molecule has 5 nitrogen and oxygen atoms in total. The van der Waals surface area contributed by atoms with E-state index in [0.717, 1.165) is 12.8 Å². The molecule has 0 saturated heterocycles. The van der Waals surface area contributed by atoms with Gasteiger partial charge in [-0.15, -0.1) is 0 Å². The quantitative estimate of drug-likeness (QED) is 0.889. The Bertz CT molecular complexity index is 463. The maximum absolute atomic E-state index is 11.8. The van der Waals surface area contributed by atoms with E-state index >= 15 is 0 Å².